The third-order valence-electron chi connectivity index (χ3n) is 3.06. The molecule has 1 aliphatic rings. The van der Waals surface area contributed by atoms with Crippen LogP contribution in [0.25, 0.3) is 0 Å². The molecule has 18 heavy (non-hydrogen) atoms. The first-order valence-corrected chi connectivity index (χ1v) is 9.58. The van der Waals surface area contributed by atoms with Gasteiger partial charge >= 0.3 is 0 Å². The molecule has 2 rings (SSSR count). The maximum atomic E-state index is 12.2. The summed E-state index contributed by atoms with van der Waals surface area (Å²) in [6, 6.07) is 5.11. The maximum Gasteiger partial charge on any atom is 0.241 e. The van der Waals surface area contributed by atoms with Crippen LogP contribution in [0.3, 0.4) is 0 Å². The number of halogens is 3. The average Bonchev–Trinajstić information content (AvgIpc) is 3.11. The minimum absolute atomic E-state index is 0.117. The Bertz CT molecular complexity index is 555. The van der Waals surface area contributed by atoms with E-state index in [4.69, 9.17) is 0 Å². The highest BCUT2D eigenvalue weighted by Crippen LogP contribution is 2.46. The molecule has 1 N–H and O–H groups in total. The molecule has 100 valence electrons. The van der Waals surface area contributed by atoms with E-state index >= 15 is 0 Å². The number of rotatable bonds is 5. The molecule has 3 nitrogen and oxygen atoms in total. The van der Waals surface area contributed by atoms with Crippen LogP contribution in [0.4, 0.5) is 0 Å². The summed E-state index contributed by atoms with van der Waals surface area (Å²) in [7, 11) is -3.46. The van der Waals surface area contributed by atoms with Gasteiger partial charge in [0, 0.05) is 20.8 Å². The lowest BCUT2D eigenvalue weighted by atomic mass is 10.1. The van der Waals surface area contributed by atoms with Crippen molar-refractivity contribution in [3.63, 3.8) is 0 Å². The fourth-order valence-corrected chi connectivity index (χ4v) is 4.96. The summed E-state index contributed by atoms with van der Waals surface area (Å²) in [5.74, 6) is 0. The minimum atomic E-state index is -3.46. The molecule has 0 heterocycles. The lowest BCUT2D eigenvalue weighted by Crippen LogP contribution is -2.31. The monoisotopic (exact) mass is 459 g/mol. The second-order valence-electron chi connectivity index (χ2n) is 4.53. The van der Waals surface area contributed by atoms with Gasteiger partial charge in [-0.1, -0.05) is 31.9 Å². The van der Waals surface area contributed by atoms with Crippen molar-refractivity contribution in [3.05, 3.63) is 27.1 Å². The fourth-order valence-electron chi connectivity index (χ4n) is 1.54. The van der Waals surface area contributed by atoms with E-state index in [1.54, 1.807) is 18.2 Å². The molecule has 0 saturated heterocycles. The van der Waals surface area contributed by atoms with Crippen LogP contribution in [0.5, 0.6) is 0 Å². The summed E-state index contributed by atoms with van der Waals surface area (Å²) in [6.07, 6.45) is 2.14. The number of benzene rings is 1. The highest BCUT2D eigenvalue weighted by molar-refractivity contribution is 9.11. The second kappa shape index (κ2) is 5.52. The standard InChI is InChI=1S/C11H12Br3NO2S/c12-6-11(3-4-11)7-15-18(16,17)10-5-8(13)1-2-9(10)14/h1-2,5,15H,3-4,6-7H2. The molecule has 1 aliphatic carbocycles. The van der Waals surface area contributed by atoms with Crippen LogP contribution in [-0.2, 0) is 10.0 Å². The molecular weight excluding hydrogens is 450 g/mol. The minimum Gasteiger partial charge on any atom is -0.211 e. The zero-order valence-corrected chi connectivity index (χ0v) is 15.0. The lowest BCUT2D eigenvalue weighted by Gasteiger charge is -2.14. The third-order valence-corrected chi connectivity index (χ3v) is 7.14. The van der Waals surface area contributed by atoms with Gasteiger partial charge in [0.1, 0.15) is 0 Å². The predicted molar refractivity (Wildman–Crippen MR) is 82.5 cm³/mol. The molecule has 1 saturated carbocycles. The van der Waals surface area contributed by atoms with E-state index in [1.807, 2.05) is 0 Å². The van der Waals surface area contributed by atoms with Crippen molar-refractivity contribution < 1.29 is 8.42 Å². The van der Waals surface area contributed by atoms with Crippen molar-refractivity contribution >= 4 is 57.8 Å². The van der Waals surface area contributed by atoms with Gasteiger partial charge in [0.25, 0.3) is 0 Å². The van der Waals surface area contributed by atoms with Crippen molar-refractivity contribution in [3.8, 4) is 0 Å². The average molecular weight is 462 g/mol. The molecule has 1 aromatic rings. The Morgan fingerprint density at radius 3 is 2.50 bits per heavy atom. The normalized spacial score (nSPS) is 17.7. The Kier molecular flexibility index (Phi) is 4.59. The number of hydrogen-bond acceptors (Lipinski definition) is 2. The predicted octanol–water partition coefficient (Wildman–Crippen LogP) is 3.67. The Hall–Kier alpha value is 0.570. The molecule has 0 spiro atoms. The molecule has 0 aliphatic heterocycles. The first kappa shape index (κ1) is 15.0. The van der Waals surface area contributed by atoms with Crippen molar-refractivity contribution in [1.29, 1.82) is 0 Å². The smallest absolute Gasteiger partial charge is 0.211 e. The Morgan fingerprint density at radius 1 is 1.28 bits per heavy atom. The summed E-state index contributed by atoms with van der Waals surface area (Å²) >= 11 is 9.99. The van der Waals surface area contributed by atoms with Gasteiger partial charge in [0.15, 0.2) is 0 Å². The van der Waals surface area contributed by atoms with Gasteiger partial charge in [-0.3, -0.25) is 0 Å². The molecule has 1 fully saturated rings. The van der Waals surface area contributed by atoms with E-state index in [0.717, 1.165) is 22.6 Å². The van der Waals surface area contributed by atoms with Crippen molar-refractivity contribution in [2.24, 2.45) is 5.41 Å². The highest BCUT2D eigenvalue weighted by Gasteiger charge is 2.42. The maximum absolute atomic E-state index is 12.2. The van der Waals surface area contributed by atoms with Gasteiger partial charge < -0.3 is 0 Å². The molecule has 1 aromatic carbocycles. The summed E-state index contributed by atoms with van der Waals surface area (Å²) in [6.45, 7) is 0.486. The Balaban J connectivity index is 2.18. The molecule has 0 aromatic heterocycles. The molecule has 0 bridgehead atoms. The Labute approximate surface area is 132 Å². The molecule has 7 heteroatoms. The van der Waals surface area contributed by atoms with E-state index in [0.29, 0.717) is 11.0 Å². The van der Waals surface area contributed by atoms with E-state index in [2.05, 4.69) is 52.5 Å². The first-order valence-electron chi connectivity index (χ1n) is 5.39. The highest BCUT2D eigenvalue weighted by atomic mass is 79.9. The van der Waals surface area contributed by atoms with E-state index in [9.17, 15) is 8.42 Å². The molecule has 0 atom stereocenters. The van der Waals surface area contributed by atoms with E-state index in [1.165, 1.54) is 0 Å². The summed E-state index contributed by atoms with van der Waals surface area (Å²) in [4.78, 5) is 0.266. The van der Waals surface area contributed by atoms with Gasteiger partial charge in [-0.2, -0.15) is 0 Å². The fraction of sp³-hybridized carbons (Fsp3) is 0.455. The van der Waals surface area contributed by atoms with Gasteiger partial charge in [-0.25, -0.2) is 13.1 Å². The van der Waals surface area contributed by atoms with Crippen molar-refractivity contribution in [2.45, 2.75) is 17.7 Å². The van der Waals surface area contributed by atoms with Crippen LogP contribution < -0.4 is 4.72 Å². The zero-order valence-electron chi connectivity index (χ0n) is 9.42. The van der Waals surface area contributed by atoms with E-state index < -0.39 is 10.0 Å². The Morgan fingerprint density at radius 2 is 1.94 bits per heavy atom. The van der Waals surface area contributed by atoms with Crippen molar-refractivity contribution in [2.75, 3.05) is 11.9 Å². The number of alkyl halides is 1. The quantitative estimate of drug-likeness (QED) is 0.680. The van der Waals surface area contributed by atoms with Crippen LogP contribution in [0.1, 0.15) is 12.8 Å². The largest absolute Gasteiger partial charge is 0.241 e. The van der Waals surface area contributed by atoms with Crippen LogP contribution in [0.2, 0.25) is 0 Å². The van der Waals surface area contributed by atoms with Crippen LogP contribution >= 0.6 is 47.8 Å². The SMILES string of the molecule is O=S(=O)(NCC1(CBr)CC1)c1cc(Br)ccc1Br. The lowest BCUT2D eigenvalue weighted by molar-refractivity contribution is 0.538. The summed E-state index contributed by atoms with van der Waals surface area (Å²) in [5.41, 5.74) is 0.117. The number of nitrogens with one attached hydrogen (secondary N) is 1. The van der Waals surface area contributed by atoms with Crippen LogP contribution in [0.15, 0.2) is 32.0 Å². The van der Waals surface area contributed by atoms with Crippen molar-refractivity contribution in [1.82, 2.24) is 4.72 Å². The zero-order chi connectivity index (χ0) is 13.4. The summed E-state index contributed by atoms with van der Waals surface area (Å²) in [5, 5.41) is 0.835. The van der Waals surface area contributed by atoms with E-state index in [-0.39, 0.29) is 10.3 Å². The van der Waals surface area contributed by atoms with Gasteiger partial charge in [-0.05, 0) is 52.4 Å². The van der Waals surface area contributed by atoms with Gasteiger partial charge in [0.2, 0.25) is 10.0 Å². The van der Waals surface area contributed by atoms with Gasteiger partial charge in [-0.15, -0.1) is 0 Å². The number of sulfonamides is 1. The molecule has 0 unspecified atom stereocenters. The van der Waals surface area contributed by atoms with Crippen LogP contribution in [-0.4, -0.2) is 20.3 Å². The number of hydrogen-bond donors (Lipinski definition) is 1. The first-order chi connectivity index (χ1) is 8.38. The van der Waals surface area contributed by atoms with Gasteiger partial charge in [0.05, 0.1) is 4.90 Å². The molecule has 0 amide bonds. The topological polar surface area (TPSA) is 46.2 Å². The summed E-state index contributed by atoms with van der Waals surface area (Å²) < 4.78 is 28.4. The second-order valence-corrected chi connectivity index (χ2v) is 8.60. The molecule has 0 radical (unpaired) electrons. The third kappa shape index (κ3) is 3.36. The molecular formula is C11H12Br3NO2S. The van der Waals surface area contributed by atoms with Crippen LogP contribution in [0, 0.1) is 5.41 Å².